The zero-order chi connectivity index (χ0) is 20.8. The van der Waals surface area contributed by atoms with Crippen LogP contribution in [-0.4, -0.2) is 53.4 Å². The molecule has 0 saturated carbocycles. The summed E-state index contributed by atoms with van der Waals surface area (Å²) < 4.78 is 0. The van der Waals surface area contributed by atoms with E-state index in [0.717, 1.165) is 5.57 Å². The average molecular weight is 405 g/mol. The topological polar surface area (TPSA) is 120 Å². The van der Waals surface area contributed by atoms with E-state index in [4.69, 9.17) is 22.0 Å². The second-order valence-corrected chi connectivity index (χ2v) is 8.84. The molecule has 0 aliphatic heterocycles. The minimum Gasteiger partial charge on any atom is -0.391 e. The molecule has 0 unspecified atom stereocenters. The number of aliphatic hydroxyl groups excluding tert-OH is 2. The third-order valence-electron chi connectivity index (χ3n) is 4.82. The predicted molar refractivity (Wildman–Crippen MR) is 105 cm³/mol. The lowest BCUT2D eigenvalue weighted by molar-refractivity contribution is -0.0509. The molecule has 0 radical (unpaired) electrons. The van der Waals surface area contributed by atoms with Crippen molar-refractivity contribution >= 4 is 17.4 Å². The third kappa shape index (κ3) is 8.21. The highest BCUT2D eigenvalue weighted by Crippen LogP contribution is 2.29. The molecule has 7 nitrogen and oxygen atoms in total. The van der Waals surface area contributed by atoms with Crippen LogP contribution in [-0.2, 0) is 6.42 Å². The number of anilines is 1. The Balaban J connectivity index is 2.48. The largest absolute Gasteiger partial charge is 0.391 e. The second-order valence-electron chi connectivity index (χ2n) is 7.98. The first-order valence-electron chi connectivity index (χ1n) is 9.11. The van der Waals surface area contributed by atoms with E-state index in [9.17, 15) is 15.3 Å². The van der Waals surface area contributed by atoms with Crippen LogP contribution in [0.4, 0.5) is 5.82 Å². The minimum atomic E-state index is -1.11. The van der Waals surface area contributed by atoms with Crippen LogP contribution in [0.15, 0.2) is 23.9 Å². The summed E-state index contributed by atoms with van der Waals surface area (Å²) in [5.74, 6) is 0.111. The van der Waals surface area contributed by atoms with E-state index in [0.29, 0.717) is 31.2 Å². The van der Waals surface area contributed by atoms with Gasteiger partial charge in [0.2, 0.25) is 0 Å². The molecule has 0 spiro atoms. The highest BCUT2D eigenvalue weighted by atomic mass is 35.5. The minimum absolute atomic E-state index is 0.0157. The van der Waals surface area contributed by atoms with Crippen LogP contribution < -0.4 is 5.23 Å². The van der Waals surface area contributed by atoms with Crippen molar-refractivity contribution in [1.29, 1.82) is 0 Å². The predicted octanol–water partition coefficient (Wildman–Crippen LogP) is 3.14. The van der Waals surface area contributed by atoms with E-state index in [2.05, 4.69) is 4.98 Å². The van der Waals surface area contributed by atoms with Crippen LogP contribution in [0.3, 0.4) is 0 Å². The van der Waals surface area contributed by atoms with E-state index in [-0.39, 0.29) is 17.5 Å². The molecule has 0 aliphatic rings. The second kappa shape index (κ2) is 9.91. The summed E-state index contributed by atoms with van der Waals surface area (Å²) in [5, 5.41) is 48.0. The van der Waals surface area contributed by atoms with Crippen LogP contribution in [0.5, 0.6) is 0 Å². The molecular formula is C19H33ClN2O5. The molecule has 3 atom stereocenters. The molecule has 1 rings (SSSR count). The maximum atomic E-state index is 10.4. The Morgan fingerprint density at radius 2 is 1.89 bits per heavy atom. The molecule has 0 saturated heterocycles. The van der Waals surface area contributed by atoms with Crippen LogP contribution in [0.1, 0.15) is 58.9 Å². The molecule has 27 heavy (non-hydrogen) atoms. The molecule has 8 heteroatoms. The van der Waals surface area contributed by atoms with Gasteiger partial charge in [0, 0.05) is 12.6 Å². The number of aromatic nitrogens is 1. The lowest BCUT2D eigenvalue weighted by Gasteiger charge is -2.27. The fourth-order valence-electron chi connectivity index (χ4n) is 2.68. The summed E-state index contributed by atoms with van der Waals surface area (Å²) in [6, 6.07) is 1.52. The van der Waals surface area contributed by atoms with Gasteiger partial charge in [0.15, 0.2) is 5.82 Å². The number of nitrogens with zero attached hydrogens (tertiary/aromatic N) is 1. The van der Waals surface area contributed by atoms with Gasteiger partial charge in [0.1, 0.15) is 0 Å². The Hall–Kier alpha value is -1.09. The van der Waals surface area contributed by atoms with Gasteiger partial charge in [-0.3, -0.25) is 10.4 Å². The highest BCUT2D eigenvalue weighted by Gasteiger charge is 2.30. The summed E-state index contributed by atoms with van der Waals surface area (Å²) >= 11 is 6.51. The average Bonchev–Trinajstić information content (AvgIpc) is 3.00. The maximum Gasteiger partial charge on any atom is 0.161 e. The van der Waals surface area contributed by atoms with Crippen LogP contribution in [0.25, 0.3) is 0 Å². The monoisotopic (exact) mass is 404 g/mol. The van der Waals surface area contributed by atoms with Crippen LogP contribution >= 0.6 is 11.6 Å². The van der Waals surface area contributed by atoms with Gasteiger partial charge in [-0.25, -0.2) is 0 Å². The van der Waals surface area contributed by atoms with Crippen molar-refractivity contribution in [2.24, 2.45) is 0 Å². The number of nitrogens with one attached hydrogen (secondary N) is 1. The Morgan fingerprint density at radius 1 is 1.26 bits per heavy atom. The lowest BCUT2D eigenvalue weighted by atomic mass is 9.92. The van der Waals surface area contributed by atoms with Crippen molar-refractivity contribution in [3.8, 4) is 0 Å². The maximum absolute atomic E-state index is 10.4. The van der Waals surface area contributed by atoms with E-state index in [1.807, 2.05) is 13.0 Å². The highest BCUT2D eigenvalue weighted by molar-refractivity contribution is 6.24. The first-order chi connectivity index (χ1) is 12.3. The van der Waals surface area contributed by atoms with Crippen molar-refractivity contribution < 1.29 is 25.7 Å². The molecule has 1 aromatic heterocycles. The molecular weight excluding hydrogens is 372 g/mol. The van der Waals surface area contributed by atoms with Gasteiger partial charge in [0.05, 0.1) is 22.7 Å². The third-order valence-corrected chi connectivity index (χ3v) is 5.26. The summed E-state index contributed by atoms with van der Waals surface area (Å²) in [6.45, 7) is 6.92. The zero-order valence-electron chi connectivity index (χ0n) is 16.5. The molecule has 6 N–H and O–H groups in total. The number of hydrogen-bond acceptors (Lipinski definition) is 6. The number of halogens is 1. The fraction of sp³-hybridized carbons (Fsp3) is 0.684. The molecule has 1 heterocycles. The van der Waals surface area contributed by atoms with E-state index in [1.54, 1.807) is 27.0 Å². The van der Waals surface area contributed by atoms with Gasteiger partial charge < -0.3 is 20.3 Å². The summed E-state index contributed by atoms with van der Waals surface area (Å²) in [6.07, 6.45) is 4.72. The molecule has 1 aromatic rings. The lowest BCUT2D eigenvalue weighted by Crippen LogP contribution is -2.35. The van der Waals surface area contributed by atoms with E-state index < -0.39 is 22.7 Å². The summed E-state index contributed by atoms with van der Waals surface area (Å²) in [7, 11) is 0. The summed E-state index contributed by atoms with van der Waals surface area (Å²) in [5.41, 5.74) is 0.701. The number of allylic oxidation sites excluding steroid dienone is 2. The quantitative estimate of drug-likeness (QED) is 0.191. The zero-order valence-corrected chi connectivity index (χ0v) is 17.2. The van der Waals surface area contributed by atoms with Gasteiger partial charge in [-0.1, -0.05) is 11.6 Å². The van der Waals surface area contributed by atoms with Gasteiger partial charge in [-0.05, 0) is 65.0 Å². The molecule has 0 bridgehead atoms. The molecule has 0 aliphatic carbocycles. The number of aromatic amines is 1. The van der Waals surface area contributed by atoms with Gasteiger partial charge in [-0.15, -0.1) is 16.8 Å². The van der Waals surface area contributed by atoms with Gasteiger partial charge in [0.25, 0.3) is 0 Å². The number of H-pyrrole nitrogens is 1. The summed E-state index contributed by atoms with van der Waals surface area (Å²) in [4.78, 5) is 1.84. The van der Waals surface area contributed by atoms with Crippen molar-refractivity contribution in [3.63, 3.8) is 0 Å². The fourth-order valence-corrected chi connectivity index (χ4v) is 2.87. The SMILES string of the molecule is C/C(=C\CC[C@@](C)(Cl)[C@H](O)Cc1c[nH]c(N(O)O)c1)CC[C@@H](O)C(C)(C)O. The smallest absolute Gasteiger partial charge is 0.161 e. The first-order valence-corrected chi connectivity index (χ1v) is 9.49. The molecule has 0 amide bonds. The Bertz CT molecular complexity index is 607. The molecule has 0 aromatic carbocycles. The standard InChI is InChI=1S/C19H33ClN2O5/c1-13(7-8-15(23)18(2,3)25)6-5-9-19(4,20)16(24)10-14-11-17(21-12-14)22(26)27/h6,11-12,15-16,21,23-27H,5,7-10H2,1-4H3/b13-6+/t15-,16-,19-/m1/s1. The number of rotatable bonds is 11. The molecule has 0 fully saturated rings. The molecule has 156 valence electrons. The van der Waals surface area contributed by atoms with Crippen molar-refractivity contribution in [3.05, 3.63) is 29.5 Å². The van der Waals surface area contributed by atoms with E-state index in [1.165, 1.54) is 6.07 Å². The Labute approximate surface area is 165 Å². The van der Waals surface area contributed by atoms with Crippen LogP contribution in [0.2, 0.25) is 0 Å². The number of aliphatic hydroxyl groups is 3. The van der Waals surface area contributed by atoms with Crippen molar-refractivity contribution in [2.45, 2.75) is 82.5 Å². The van der Waals surface area contributed by atoms with Crippen LogP contribution in [0, 0.1) is 0 Å². The number of alkyl halides is 1. The van der Waals surface area contributed by atoms with Gasteiger partial charge in [-0.2, -0.15) is 0 Å². The first kappa shape index (κ1) is 23.9. The van der Waals surface area contributed by atoms with Crippen molar-refractivity contribution in [1.82, 2.24) is 4.98 Å². The van der Waals surface area contributed by atoms with E-state index >= 15 is 0 Å². The van der Waals surface area contributed by atoms with Gasteiger partial charge >= 0.3 is 0 Å². The Morgan fingerprint density at radius 3 is 2.41 bits per heavy atom. The van der Waals surface area contributed by atoms with Crippen molar-refractivity contribution in [2.75, 3.05) is 5.23 Å². The normalized spacial score (nSPS) is 17.5. The Kier molecular flexibility index (Phi) is 8.79. The number of hydrogen-bond donors (Lipinski definition) is 6.